The first-order valence-electron chi connectivity index (χ1n) is 9.08. The molecule has 0 saturated heterocycles. The number of carboxylic acids is 1. The van der Waals surface area contributed by atoms with Crippen LogP contribution in [0.3, 0.4) is 0 Å². The molecule has 0 fully saturated rings. The Bertz CT molecular complexity index is 927. The number of aromatic carboxylic acids is 1. The molecule has 3 rings (SSSR count). The summed E-state index contributed by atoms with van der Waals surface area (Å²) in [4.78, 5) is 11.6. The zero-order valence-corrected chi connectivity index (χ0v) is 18.7. The summed E-state index contributed by atoms with van der Waals surface area (Å²) in [6.45, 7) is 6.57. The average Bonchev–Trinajstić information content (AvgIpc) is 2.67. The van der Waals surface area contributed by atoms with E-state index in [2.05, 4.69) is 61.0 Å². The van der Waals surface area contributed by atoms with Crippen LogP contribution in [-0.4, -0.2) is 19.4 Å². The average molecular weight is 455 g/mol. The van der Waals surface area contributed by atoms with Crippen molar-refractivity contribution in [2.45, 2.75) is 25.8 Å². The Morgan fingerprint density at radius 1 is 0.893 bits per heavy atom. The predicted octanol–water partition coefficient (Wildman–Crippen LogP) is 5.09. The molecule has 0 amide bonds. The lowest BCUT2D eigenvalue weighted by molar-refractivity contribution is 0.0695. The van der Waals surface area contributed by atoms with Crippen LogP contribution >= 0.6 is 15.9 Å². The van der Waals surface area contributed by atoms with Crippen molar-refractivity contribution in [1.82, 2.24) is 0 Å². The topological polar surface area (TPSA) is 46.5 Å². The normalized spacial score (nSPS) is 11.9. The smallest absolute Gasteiger partial charge is 0.336 e. The SMILES string of the molecule is CC(C)(C)[Si](Oc1ccc(Br)c(C(=O)O)c1)(c1ccccc1)c1ccccc1. The maximum atomic E-state index is 11.6. The molecule has 0 bridgehead atoms. The van der Waals surface area contributed by atoms with Crippen LogP contribution in [0.2, 0.25) is 5.04 Å². The number of rotatable bonds is 5. The summed E-state index contributed by atoms with van der Waals surface area (Å²) in [7, 11) is -2.77. The van der Waals surface area contributed by atoms with Gasteiger partial charge in [-0.05, 0) is 49.5 Å². The fourth-order valence-corrected chi connectivity index (χ4v) is 8.39. The van der Waals surface area contributed by atoms with E-state index in [-0.39, 0.29) is 10.6 Å². The first-order chi connectivity index (χ1) is 13.3. The van der Waals surface area contributed by atoms with Crippen LogP contribution in [0.15, 0.2) is 83.3 Å². The fourth-order valence-electron chi connectivity index (χ4n) is 3.56. The van der Waals surface area contributed by atoms with E-state index in [9.17, 15) is 9.90 Å². The van der Waals surface area contributed by atoms with Gasteiger partial charge in [-0.15, -0.1) is 0 Å². The van der Waals surface area contributed by atoms with Gasteiger partial charge in [0.05, 0.1) is 5.56 Å². The van der Waals surface area contributed by atoms with E-state index in [0.29, 0.717) is 10.2 Å². The minimum atomic E-state index is -2.77. The van der Waals surface area contributed by atoms with E-state index >= 15 is 0 Å². The number of benzene rings is 3. The zero-order chi connectivity index (χ0) is 20.4. The molecule has 0 radical (unpaired) electrons. The molecule has 1 N–H and O–H groups in total. The second kappa shape index (κ2) is 7.93. The van der Waals surface area contributed by atoms with Gasteiger partial charge in [-0.2, -0.15) is 0 Å². The molecule has 3 aromatic rings. The molecule has 0 unspecified atom stereocenters. The lowest BCUT2D eigenvalue weighted by Gasteiger charge is -2.43. The molecule has 3 nitrogen and oxygen atoms in total. The van der Waals surface area contributed by atoms with E-state index < -0.39 is 14.3 Å². The summed E-state index contributed by atoms with van der Waals surface area (Å²) in [6, 6.07) is 25.7. The molecule has 0 saturated carbocycles. The monoisotopic (exact) mass is 454 g/mol. The molecular formula is C23H23BrO3Si. The van der Waals surface area contributed by atoms with Crippen molar-refractivity contribution in [2.75, 3.05) is 0 Å². The van der Waals surface area contributed by atoms with Crippen LogP contribution in [0, 0.1) is 0 Å². The van der Waals surface area contributed by atoms with Gasteiger partial charge in [0.25, 0.3) is 0 Å². The standard InChI is InChI=1S/C23H23BrO3Si/c1-23(2,3)28(18-10-6-4-7-11-18,19-12-8-5-9-13-19)27-17-14-15-21(24)20(16-17)22(25)26/h4-16H,1-3H3,(H,25,26). The Morgan fingerprint density at radius 2 is 1.39 bits per heavy atom. The van der Waals surface area contributed by atoms with Crippen LogP contribution in [0.1, 0.15) is 31.1 Å². The minimum Gasteiger partial charge on any atom is -0.534 e. The lowest BCUT2D eigenvalue weighted by atomic mass is 10.2. The Morgan fingerprint density at radius 3 is 1.82 bits per heavy atom. The number of hydrogen-bond donors (Lipinski definition) is 1. The third kappa shape index (κ3) is 3.77. The van der Waals surface area contributed by atoms with Crippen molar-refractivity contribution in [3.05, 3.63) is 88.9 Å². The first kappa shape index (κ1) is 20.4. The molecule has 144 valence electrons. The van der Waals surface area contributed by atoms with Crippen LogP contribution in [0.5, 0.6) is 5.75 Å². The highest BCUT2D eigenvalue weighted by Crippen LogP contribution is 2.38. The fraction of sp³-hybridized carbons (Fsp3) is 0.174. The third-order valence-corrected chi connectivity index (χ3v) is 10.5. The summed E-state index contributed by atoms with van der Waals surface area (Å²) in [6.07, 6.45) is 0. The Kier molecular flexibility index (Phi) is 5.77. The molecule has 0 aliphatic rings. The van der Waals surface area contributed by atoms with Gasteiger partial charge in [0, 0.05) is 4.47 Å². The molecule has 0 atom stereocenters. The Hall–Kier alpha value is -2.37. The number of carbonyl (C=O) groups is 1. The zero-order valence-electron chi connectivity index (χ0n) is 16.1. The molecule has 3 aromatic carbocycles. The number of halogens is 1. The highest BCUT2D eigenvalue weighted by molar-refractivity contribution is 9.10. The lowest BCUT2D eigenvalue weighted by Crippen LogP contribution is -2.68. The van der Waals surface area contributed by atoms with Crippen LogP contribution in [0.25, 0.3) is 0 Å². The Balaban J connectivity index is 2.25. The van der Waals surface area contributed by atoms with E-state index in [4.69, 9.17) is 4.43 Å². The van der Waals surface area contributed by atoms with E-state index in [1.54, 1.807) is 12.1 Å². The van der Waals surface area contributed by atoms with Crippen molar-refractivity contribution in [3.63, 3.8) is 0 Å². The molecular weight excluding hydrogens is 432 g/mol. The maximum absolute atomic E-state index is 11.6. The van der Waals surface area contributed by atoms with Gasteiger partial charge in [-0.3, -0.25) is 0 Å². The molecule has 0 heterocycles. The highest BCUT2D eigenvalue weighted by atomic mass is 79.9. The van der Waals surface area contributed by atoms with Gasteiger partial charge in [0.15, 0.2) is 0 Å². The second-order valence-electron chi connectivity index (χ2n) is 7.71. The quantitative estimate of drug-likeness (QED) is 0.546. The van der Waals surface area contributed by atoms with Crippen molar-refractivity contribution in [3.8, 4) is 5.75 Å². The van der Waals surface area contributed by atoms with Crippen molar-refractivity contribution < 1.29 is 14.3 Å². The Labute approximate surface area is 175 Å². The van der Waals surface area contributed by atoms with Crippen molar-refractivity contribution in [1.29, 1.82) is 0 Å². The van der Waals surface area contributed by atoms with Crippen LogP contribution in [-0.2, 0) is 0 Å². The van der Waals surface area contributed by atoms with Crippen LogP contribution in [0.4, 0.5) is 0 Å². The van der Waals surface area contributed by atoms with Crippen molar-refractivity contribution >= 4 is 40.6 Å². The van der Waals surface area contributed by atoms with Gasteiger partial charge < -0.3 is 9.53 Å². The first-order valence-corrected chi connectivity index (χ1v) is 11.8. The largest absolute Gasteiger partial charge is 0.534 e. The number of hydrogen-bond acceptors (Lipinski definition) is 2. The van der Waals surface area contributed by atoms with Crippen LogP contribution < -0.4 is 14.8 Å². The molecule has 28 heavy (non-hydrogen) atoms. The van der Waals surface area contributed by atoms with E-state index in [0.717, 1.165) is 10.4 Å². The molecule has 0 aliphatic heterocycles. The maximum Gasteiger partial charge on any atom is 0.336 e. The summed E-state index contributed by atoms with van der Waals surface area (Å²) in [5, 5.41) is 11.6. The second-order valence-corrected chi connectivity index (χ2v) is 12.8. The predicted molar refractivity (Wildman–Crippen MR) is 119 cm³/mol. The van der Waals surface area contributed by atoms with Gasteiger partial charge in [0.1, 0.15) is 5.75 Å². The van der Waals surface area contributed by atoms with E-state index in [1.165, 1.54) is 0 Å². The van der Waals surface area contributed by atoms with Gasteiger partial charge in [-0.1, -0.05) is 81.4 Å². The minimum absolute atomic E-state index is 0.188. The van der Waals surface area contributed by atoms with E-state index in [1.807, 2.05) is 42.5 Å². The van der Waals surface area contributed by atoms with Gasteiger partial charge in [0.2, 0.25) is 0 Å². The summed E-state index contributed by atoms with van der Waals surface area (Å²) in [5.41, 5.74) is 0.190. The highest BCUT2D eigenvalue weighted by Gasteiger charge is 2.52. The number of carboxylic acid groups (broad SMARTS) is 1. The molecule has 0 aromatic heterocycles. The summed E-state index contributed by atoms with van der Waals surface area (Å²) in [5.74, 6) is -0.422. The third-order valence-electron chi connectivity index (χ3n) is 4.86. The van der Waals surface area contributed by atoms with Gasteiger partial charge in [-0.25, -0.2) is 4.79 Å². The van der Waals surface area contributed by atoms with Gasteiger partial charge >= 0.3 is 14.3 Å². The molecule has 0 spiro atoms. The summed E-state index contributed by atoms with van der Waals surface area (Å²) < 4.78 is 7.38. The molecule has 0 aliphatic carbocycles. The summed E-state index contributed by atoms with van der Waals surface area (Å²) >= 11 is 3.31. The molecule has 5 heteroatoms. The van der Waals surface area contributed by atoms with Crippen molar-refractivity contribution in [2.24, 2.45) is 0 Å².